The van der Waals surface area contributed by atoms with E-state index in [-0.39, 0.29) is 11.9 Å². The molecule has 1 fully saturated rings. The first-order chi connectivity index (χ1) is 19.6. The molecule has 198 valence electrons. The van der Waals surface area contributed by atoms with E-state index in [0.29, 0.717) is 45.1 Å². The number of hydrogen-bond acceptors (Lipinski definition) is 9. The second kappa shape index (κ2) is 10.8. The molecule has 2 aromatic carbocycles. The maximum Gasteiger partial charge on any atom is 0.248 e. The number of carbonyl (C=O) groups excluding carboxylic acids is 1. The molecular formula is C29H25N9O2. The van der Waals surface area contributed by atoms with Crippen LogP contribution in [0.15, 0.2) is 73.5 Å². The predicted octanol–water partition coefficient (Wildman–Crippen LogP) is 4.64. The maximum atomic E-state index is 12.5. The molecule has 6 rings (SSSR count). The molecule has 0 radical (unpaired) electrons. The van der Waals surface area contributed by atoms with Crippen molar-refractivity contribution in [3.63, 3.8) is 0 Å². The topological polar surface area (TPSA) is 142 Å². The fourth-order valence-electron chi connectivity index (χ4n) is 4.62. The van der Waals surface area contributed by atoms with E-state index in [9.17, 15) is 10.1 Å². The number of pyridine rings is 1. The monoisotopic (exact) mass is 531 g/mol. The van der Waals surface area contributed by atoms with Crippen LogP contribution in [0.5, 0.6) is 11.6 Å². The van der Waals surface area contributed by atoms with Crippen LogP contribution in [0.2, 0.25) is 0 Å². The first-order valence-electron chi connectivity index (χ1n) is 12.8. The second-order valence-corrected chi connectivity index (χ2v) is 9.47. The molecule has 4 heterocycles. The molecule has 40 heavy (non-hydrogen) atoms. The number of anilines is 3. The lowest BCUT2D eigenvalue weighted by atomic mass is 10.1. The molecule has 1 saturated heterocycles. The number of nitriles is 1. The number of aromatic nitrogens is 5. The number of amides is 1. The summed E-state index contributed by atoms with van der Waals surface area (Å²) in [4.78, 5) is 21.2. The average Bonchev–Trinajstić information content (AvgIpc) is 3.66. The van der Waals surface area contributed by atoms with Crippen LogP contribution in [0.1, 0.15) is 24.0 Å². The Kier molecular flexibility index (Phi) is 6.74. The molecule has 0 spiro atoms. The van der Waals surface area contributed by atoms with Gasteiger partial charge in [0.1, 0.15) is 24.5 Å². The molecule has 11 nitrogen and oxygen atoms in total. The minimum Gasteiger partial charge on any atom is -0.439 e. The fourth-order valence-corrected chi connectivity index (χ4v) is 4.62. The van der Waals surface area contributed by atoms with Gasteiger partial charge in [-0.15, -0.1) is 10.2 Å². The first kappa shape index (κ1) is 25.0. The van der Waals surface area contributed by atoms with Gasteiger partial charge in [0.2, 0.25) is 11.8 Å². The first-order valence-corrected chi connectivity index (χ1v) is 12.8. The van der Waals surface area contributed by atoms with Crippen molar-refractivity contribution >= 4 is 39.5 Å². The van der Waals surface area contributed by atoms with Gasteiger partial charge in [-0.25, -0.2) is 4.98 Å². The summed E-state index contributed by atoms with van der Waals surface area (Å²) in [6.45, 7) is 2.90. The molecule has 0 saturated carbocycles. The van der Waals surface area contributed by atoms with Crippen molar-refractivity contribution in [1.29, 1.82) is 5.26 Å². The van der Waals surface area contributed by atoms with Gasteiger partial charge in [0.15, 0.2) is 5.65 Å². The Morgan fingerprint density at radius 2 is 2.08 bits per heavy atom. The molecule has 1 unspecified atom stereocenters. The van der Waals surface area contributed by atoms with Crippen LogP contribution < -0.4 is 20.7 Å². The number of ether oxygens (including phenoxy) is 1. The molecule has 5 aromatic rings. The van der Waals surface area contributed by atoms with E-state index >= 15 is 0 Å². The number of fused-ring (bicyclic) bond motifs is 2. The van der Waals surface area contributed by atoms with E-state index in [1.54, 1.807) is 35.3 Å². The van der Waals surface area contributed by atoms with Gasteiger partial charge in [-0.2, -0.15) is 5.26 Å². The Balaban J connectivity index is 1.24. The van der Waals surface area contributed by atoms with Gasteiger partial charge < -0.3 is 20.7 Å². The third-order valence-corrected chi connectivity index (χ3v) is 6.66. The van der Waals surface area contributed by atoms with E-state index in [1.165, 1.54) is 6.20 Å². The number of hydrogen-bond donors (Lipinski definition) is 3. The van der Waals surface area contributed by atoms with E-state index in [0.717, 1.165) is 30.6 Å². The Bertz CT molecular complexity index is 1800. The smallest absolute Gasteiger partial charge is 0.248 e. The number of nitrogens with zero attached hydrogens (tertiary/aromatic N) is 6. The summed E-state index contributed by atoms with van der Waals surface area (Å²) in [5.74, 6) is 0.823. The highest BCUT2D eigenvalue weighted by Gasteiger charge is 2.14. The summed E-state index contributed by atoms with van der Waals surface area (Å²) in [6, 6.07) is 15.2. The summed E-state index contributed by atoms with van der Waals surface area (Å²) in [7, 11) is 0. The number of nitrogens with one attached hydrogen (secondary N) is 3. The van der Waals surface area contributed by atoms with Gasteiger partial charge in [-0.1, -0.05) is 6.08 Å². The number of carbonyl (C=O) groups is 1. The Morgan fingerprint density at radius 1 is 1.18 bits per heavy atom. The molecule has 3 N–H and O–H groups in total. The Hall–Kier alpha value is -5.34. The highest BCUT2D eigenvalue weighted by molar-refractivity contribution is 6.03. The van der Waals surface area contributed by atoms with E-state index < -0.39 is 0 Å². The number of aryl methyl sites for hydroxylation is 1. The zero-order valence-electron chi connectivity index (χ0n) is 21.6. The van der Waals surface area contributed by atoms with E-state index in [2.05, 4.69) is 42.2 Å². The zero-order chi connectivity index (χ0) is 27.5. The highest BCUT2D eigenvalue weighted by atomic mass is 16.5. The van der Waals surface area contributed by atoms with Crippen molar-refractivity contribution in [2.24, 2.45) is 0 Å². The minimum atomic E-state index is -0.212. The third kappa shape index (κ3) is 5.29. The van der Waals surface area contributed by atoms with Crippen molar-refractivity contribution in [1.82, 2.24) is 29.9 Å². The van der Waals surface area contributed by atoms with Gasteiger partial charge in [0.05, 0.1) is 16.8 Å². The average molecular weight is 532 g/mol. The summed E-state index contributed by atoms with van der Waals surface area (Å²) < 4.78 is 7.67. The van der Waals surface area contributed by atoms with Crippen LogP contribution in [-0.4, -0.2) is 43.1 Å². The quantitative estimate of drug-likeness (QED) is 0.256. The van der Waals surface area contributed by atoms with E-state index in [4.69, 9.17) is 4.74 Å². The van der Waals surface area contributed by atoms with Gasteiger partial charge in [-0.3, -0.25) is 14.2 Å². The van der Waals surface area contributed by atoms with Crippen LogP contribution in [0, 0.1) is 18.3 Å². The van der Waals surface area contributed by atoms with Crippen molar-refractivity contribution in [2.75, 3.05) is 17.2 Å². The molecule has 1 aliphatic rings. The zero-order valence-corrected chi connectivity index (χ0v) is 21.6. The number of rotatable bonds is 7. The molecule has 11 heteroatoms. The standard InChI is InChI=1S/C29H25N9O2/c1-18-11-21(5-8-25(18)40-28-13-26-37-34-17-38(26)16-33-28)36-29-19(14-30)15-32-24-7-4-22(12-23(24)29)35-27(39)9-6-20-3-2-10-31-20/h4-9,11-13,15-17,20,31H,2-3,10H2,1H3,(H,32,36)(H,35,39). The molecule has 1 amide bonds. The van der Waals surface area contributed by atoms with Crippen LogP contribution in [-0.2, 0) is 4.79 Å². The Labute approximate surface area is 229 Å². The lowest BCUT2D eigenvalue weighted by molar-refractivity contribution is -0.111. The van der Waals surface area contributed by atoms with Crippen molar-refractivity contribution in [3.8, 4) is 17.7 Å². The van der Waals surface area contributed by atoms with Crippen molar-refractivity contribution in [2.45, 2.75) is 25.8 Å². The summed E-state index contributed by atoms with van der Waals surface area (Å²) in [5.41, 5.74) is 4.54. The lowest BCUT2D eigenvalue weighted by Gasteiger charge is -2.14. The molecule has 3 aromatic heterocycles. The fraction of sp³-hybridized carbons (Fsp3) is 0.172. The van der Waals surface area contributed by atoms with Crippen LogP contribution in [0.4, 0.5) is 17.1 Å². The normalized spacial score (nSPS) is 14.9. The minimum absolute atomic E-state index is 0.212. The second-order valence-electron chi connectivity index (χ2n) is 9.47. The molecule has 1 atom stereocenters. The SMILES string of the molecule is Cc1cc(Nc2c(C#N)cnc3ccc(NC(=O)C=CC4CCCN4)cc23)ccc1Oc1cc2nncn2cn1. The molecule has 0 bridgehead atoms. The number of benzene rings is 2. The highest BCUT2D eigenvalue weighted by Crippen LogP contribution is 2.33. The molecule has 1 aliphatic heterocycles. The molecule has 0 aliphatic carbocycles. The predicted molar refractivity (Wildman–Crippen MR) is 151 cm³/mol. The lowest BCUT2D eigenvalue weighted by Crippen LogP contribution is -2.19. The summed E-state index contributed by atoms with van der Waals surface area (Å²) in [5, 5.41) is 28.0. The van der Waals surface area contributed by atoms with Gasteiger partial charge in [0.25, 0.3) is 0 Å². The van der Waals surface area contributed by atoms with Crippen molar-refractivity contribution in [3.05, 3.63) is 84.6 Å². The summed E-state index contributed by atoms with van der Waals surface area (Å²) in [6.07, 6.45) is 10.3. The maximum absolute atomic E-state index is 12.5. The molecular weight excluding hydrogens is 506 g/mol. The van der Waals surface area contributed by atoms with Crippen LogP contribution >= 0.6 is 0 Å². The van der Waals surface area contributed by atoms with Gasteiger partial charge in [0, 0.05) is 41.1 Å². The van der Waals surface area contributed by atoms with Gasteiger partial charge >= 0.3 is 0 Å². The van der Waals surface area contributed by atoms with Crippen LogP contribution in [0.3, 0.4) is 0 Å². The van der Waals surface area contributed by atoms with Gasteiger partial charge in [-0.05, 0) is 68.3 Å². The third-order valence-electron chi connectivity index (χ3n) is 6.66. The van der Waals surface area contributed by atoms with Crippen LogP contribution in [0.25, 0.3) is 16.6 Å². The Morgan fingerprint density at radius 3 is 2.90 bits per heavy atom. The largest absolute Gasteiger partial charge is 0.439 e. The summed E-state index contributed by atoms with van der Waals surface area (Å²) >= 11 is 0. The van der Waals surface area contributed by atoms with Crippen molar-refractivity contribution < 1.29 is 9.53 Å². The van der Waals surface area contributed by atoms with E-state index in [1.807, 2.05) is 43.3 Å².